The zero-order valence-corrected chi connectivity index (χ0v) is 22.4. The smallest absolute Gasteiger partial charge is 0.341 e. The maximum atomic E-state index is 13.1. The molecule has 0 saturated heterocycles. The van der Waals surface area contributed by atoms with Gasteiger partial charge in [-0.2, -0.15) is 0 Å². The summed E-state index contributed by atoms with van der Waals surface area (Å²) in [6, 6.07) is 14.3. The van der Waals surface area contributed by atoms with Gasteiger partial charge in [0.05, 0.1) is 12.2 Å². The van der Waals surface area contributed by atoms with Crippen LogP contribution in [-0.4, -0.2) is 30.0 Å². The number of ketones is 2. The molecule has 0 saturated carbocycles. The Hall–Kier alpha value is -3.58. The number of carbonyl (C=O) groups is 4. The van der Waals surface area contributed by atoms with Crippen LogP contribution in [0.3, 0.4) is 0 Å². The van der Waals surface area contributed by atoms with Gasteiger partial charge in [0.15, 0.2) is 0 Å². The van der Waals surface area contributed by atoms with Crippen molar-refractivity contribution in [1.82, 2.24) is 0 Å². The standard InChI is InChI=1S/C30H31NO5S/c1-5-36-29(35)24-22-16-15-21(30(2,3)4)17-23(22)37-28(24)31-27(34)20-13-11-19(12-14-20)26(33)25(32)18-9-7-6-8-10-18/h6-14,21H,5,15-17H2,1-4H3,(H,31,34). The molecule has 6 nitrogen and oxygen atoms in total. The van der Waals surface area contributed by atoms with Crippen LogP contribution < -0.4 is 5.32 Å². The largest absolute Gasteiger partial charge is 0.462 e. The molecule has 1 aliphatic rings. The monoisotopic (exact) mass is 517 g/mol. The average molecular weight is 518 g/mol. The molecule has 4 rings (SSSR count). The van der Waals surface area contributed by atoms with Gasteiger partial charge >= 0.3 is 5.97 Å². The third-order valence-corrected chi connectivity index (χ3v) is 8.02. The van der Waals surface area contributed by atoms with Crippen LogP contribution in [-0.2, 0) is 17.6 Å². The Morgan fingerprint density at radius 2 is 1.51 bits per heavy atom. The normalized spacial score (nSPS) is 15.0. The summed E-state index contributed by atoms with van der Waals surface area (Å²) in [5.74, 6) is -1.58. The van der Waals surface area contributed by atoms with Crippen molar-refractivity contribution in [2.75, 3.05) is 11.9 Å². The number of nitrogens with one attached hydrogen (secondary N) is 1. The number of carbonyl (C=O) groups excluding carboxylic acids is 4. The van der Waals surface area contributed by atoms with Crippen molar-refractivity contribution in [3.8, 4) is 0 Å². The van der Waals surface area contributed by atoms with Crippen molar-refractivity contribution in [2.24, 2.45) is 11.3 Å². The van der Waals surface area contributed by atoms with E-state index in [0.29, 0.717) is 27.6 Å². The molecule has 1 unspecified atom stereocenters. The second kappa shape index (κ2) is 10.8. The van der Waals surface area contributed by atoms with Gasteiger partial charge in [-0.25, -0.2) is 4.79 Å². The molecule has 1 atom stereocenters. The number of rotatable bonds is 7. The lowest BCUT2D eigenvalue weighted by atomic mass is 9.72. The number of amides is 1. The first kappa shape index (κ1) is 26.5. The minimum Gasteiger partial charge on any atom is -0.462 e. The van der Waals surface area contributed by atoms with E-state index in [1.54, 1.807) is 37.3 Å². The van der Waals surface area contributed by atoms with Gasteiger partial charge < -0.3 is 10.1 Å². The zero-order chi connectivity index (χ0) is 26.7. The molecular formula is C30H31NO5S. The van der Waals surface area contributed by atoms with E-state index in [2.05, 4.69) is 26.1 Å². The highest BCUT2D eigenvalue weighted by atomic mass is 32.1. The maximum Gasteiger partial charge on any atom is 0.341 e. The van der Waals surface area contributed by atoms with E-state index in [1.165, 1.54) is 35.6 Å². The third kappa shape index (κ3) is 5.72. The van der Waals surface area contributed by atoms with Crippen LogP contribution in [0.1, 0.15) is 86.0 Å². The van der Waals surface area contributed by atoms with Crippen LogP contribution >= 0.6 is 11.3 Å². The molecule has 0 spiro atoms. The number of anilines is 1. The number of Topliss-reactive ketones (excluding diaryl/α,β-unsaturated/α-hetero) is 2. The van der Waals surface area contributed by atoms with Gasteiger partial charge in [-0.3, -0.25) is 14.4 Å². The van der Waals surface area contributed by atoms with Crippen LogP contribution in [0.5, 0.6) is 0 Å². The van der Waals surface area contributed by atoms with Gasteiger partial charge in [0.25, 0.3) is 5.91 Å². The first-order valence-electron chi connectivity index (χ1n) is 12.5. The molecule has 2 aromatic carbocycles. The molecule has 1 N–H and O–H groups in total. The van der Waals surface area contributed by atoms with E-state index < -0.39 is 23.4 Å². The lowest BCUT2D eigenvalue weighted by molar-refractivity contribution is 0.0526. The summed E-state index contributed by atoms with van der Waals surface area (Å²) in [4.78, 5) is 52.2. The molecular weight excluding hydrogens is 486 g/mol. The topological polar surface area (TPSA) is 89.5 Å². The van der Waals surface area contributed by atoms with Crippen LogP contribution in [0.15, 0.2) is 54.6 Å². The molecule has 1 amide bonds. The summed E-state index contributed by atoms with van der Waals surface area (Å²) < 4.78 is 5.32. The minimum absolute atomic E-state index is 0.149. The number of thiophene rings is 1. The molecule has 1 heterocycles. The summed E-state index contributed by atoms with van der Waals surface area (Å²) in [6.07, 6.45) is 2.60. The summed E-state index contributed by atoms with van der Waals surface area (Å²) in [5.41, 5.74) is 2.41. The SMILES string of the molecule is CCOC(=O)c1c(NC(=O)c2ccc(C(=O)C(=O)c3ccccc3)cc2)sc2c1CCC(C(C)(C)C)C2. The maximum absolute atomic E-state index is 13.1. The third-order valence-electron chi connectivity index (χ3n) is 6.85. The van der Waals surface area contributed by atoms with Crippen molar-refractivity contribution < 1.29 is 23.9 Å². The van der Waals surface area contributed by atoms with Gasteiger partial charge in [0.1, 0.15) is 5.00 Å². The summed E-state index contributed by atoms with van der Waals surface area (Å²) in [7, 11) is 0. The molecule has 3 aromatic rings. The van der Waals surface area contributed by atoms with Gasteiger partial charge in [-0.1, -0.05) is 63.2 Å². The van der Waals surface area contributed by atoms with E-state index in [0.717, 1.165) is 29.7 Å². The van der Waals surface area contributed by atoms with Crippen molar-refractivity contribution in [1.29, 1.82) is 0 Å². The summed E-state index contributed by atoms with van der Waals surface area (Å²) in [6.45, 7) is 8.70. The molecule has 0 bridgehead atoms. The fourth-order valence-corrected chi connectivity index (χ4v) is 5.94. The number of benzene rings is 2. The number of esters is 1. The van der Waals surface area contributed by atoms with E-state index in [9.17, 15) is 19.2 Å². The zero-order valence-electron chi connectivity index (χ0n) is 21.6. The summed E-state index contributed by atoms with van der Waals surface area (Å²) >= 11 is 1.44. The Kier molecular flexibility index (Phi) is 7.73. The number of hydrogen-bond donors (Lipinski definition) is 1. The van der Waals surface area contributed by atoms with Crippen molar-refractivity contribution in [3.05, 3.63) is 87.3 Å². The lowest BCUT2D eigenvalue weighted by Gasteiger charge is -2.33. The summed E-state index contributed by atoms with van der Waals surface area (Å²) in [5, 5.41) is 3.39. The van der Waals surface area contributed by atoms with Crippen LogP contribution in [0.2, 0.25) is 0 Å². The van der Waals surface area contributed by atoms with Crippen molar-refractivity contribution >= 4 is 39.8 Å². The Morgan fingerprint density at radius 3 is 2.11 bits per heavy atom. The van der Waals surface area contributed by atoms with Gasteiger partial charge in [0.2, 0.25) is 11.6 Å². The molecule has 1 aliphatic carbocycles. The Morgan fingerprint density at radius 1 is 0.919 bits per heavy atom. The minimum atomic E-state index is -0.637. The van der Waals surface area contributed by atoms with Gasteiger partial charge in [0, 0.05) is 21.6 Å². The van der Waals surface area contributed by atoms with Crippen molar-refractivity contribution in [2.45, 2.75) is 47.0 Å². The second-order valence-corrected chi connectivity index (χ2v) is 11.4. The van der Waals surface area contributed by atoms with Crippen LogP contribution in [0.25, 0.3) is 0 Å². The predicted octanol–water partition coefficient (Wildman–Crippen LogP) is 6.39. The van der Waals surface area contributed by atoms with Crippen LogP contribution in [0, 0.1) is 11.3 Å². The quantitative estimate of drug-likeness (QED) is 0.223. The fraction of sp³-hybridized carbons (Fsp3) is 0.333. The molecule has 0 radical (unpaired) electrons. The number of hydrogen-bond acceptors (Lipinski definition) is 6. The number of fused-ring (bicyclic) bond motifs is 1. The molecule has 1 aromatic heterocycles. The lowest BCUT2D eigenvalue weighted by Crippen LogP contribution is -2.26. The average Bonchev–Trinajstić information content (AvgIpc) is 3.25. The first-order chi connectivity index (χ1) is 17.6. The molecule has 0 aliphatic heterocycles. The number of ether oxygens (including phenoxy) is 1. The highest BCUT2D eigenvalue weighted by Gasteiger charge is 2.34. The predicted molar refractivity (Wildman–Crippen MR) is 145 cm³/mol. The van der Waals surface area contributed by atoms with E-state index in [4.69, 9.17) is 4.74 Å². The Labute approximate surface area is 221 Å². The molecule has 7 heteroatoms. The Bertz CT molecular complexity index is 1330. The highest BCUT2D eigenvalue weighted by Crippen LogP contribution is 2.44. The Balaban J connectivity index is 1.55. The van der Waals surface area contributed by atoms with Gasteiger partial charge in [-0.05, 0) is 55.2 Å². The van der Waals surface area contributed by atoms with Gasteiger partial charge in [-0.15, -0.1) is 11.3 Å². The molecule has 37 heavy (non-hydrogen) atoms. The van der Waals surface area contributed by atoms with Crippen LogP contribution in [0.4, 0.5) is 5.00 Å². The van der Waals surface area contributed by atoms with Crippen molar-refractivity contribution in [3.63, 3.8) is 0 Å². The van der Waals surface area contributed by atoms with E-state index in [1.807, 2.05) is 0 Å². The van der Waals surface area contributed by atoms with E-state index in [-0.39, 0.29) is 17.6 Å². The highest BCUT2D eigenvalue weighted by molar-refractivity contribution is 7.17. The first-order valence-corrected chi connectivity index (χ1v) is 13.3. The molecule has 0 fully saturated rings. The van der Waals surface area contributed by atoms with E-state index >= 15 is 0 Å². The molecule has 192 valence electrons. The fourth-order valence-electron chi connectivity index (χ4n) is 4.63. The second-order valence-electron chi connectivity index (χ2n) is 10.3.